The molecule has 3 heteroatoms. The molecule has 0 radical (unpaired) electrons. The van der Waals surface area contributed by atoms with E-state index in [2.05, 4.69) is 34.8 Å². The predicted molar refractivity (Wildman–Crippen MR) is 78.9 cm³/mol. The highest BCUT2D eigenvalue weighted by Gasteiger charge is 2.52. The Balaban J connectivity index is 2.26. The van der Waals surface area contributed by atoms with Gasteiger partial charge in [0.05, 0.1) is 0 Å². The number of nitrogens with zero attached hydrogens (tertiary/aromatic N) is 1. The molecule has 19 heavy (non-hydrogen) atoms. The predicted octanol–water partition coefficient (Wildman–Crippen LogP) is 3.66. The Labute approximate surface area is 121 Å². The second-order valence-electron chi connectivity index (χ2n) is 5.81. The Bertz CT molecular complexity index is 638. The first-order chi connectivity index (χ1) is 8.95. The molecule has 0 spiro atoms. The summed E-state index contributed by atoms with van der Waals surface area (Å²) in [4.78, 5) is 4.19. The van der Waals surface area contributed by atoms with Crippen molar-refractivity contribution < 1.29 is 5.11 Å². The van der Waals surface area contributed by atoms with E-state index in [0.29, 0.717) is 0 Å². The first-order valence-electron chi connectivity index (χ1n) is 6.37. The van der Waals surface area contributed by atoms with Crippen LogP contribution in [-0.2, 0) is 12.0 Å². The third-order valence-electron chi connectivity index (χ3n) is 4.16. The standard InChI is InChI=1S/C16H16BrNO/c1-15(2)9-11-6-7-18-10-14(11)16(15,19)12-4-3-5-13(17)8-12/h3-8,10,19H,9H2,1-2H3. The van der Waals surface area contributed by atoms with E-state index in [1.807, 2.05) is 30.3 Å². The van der Waals surface area contributed by atoms with Gasteiger partial charge in [0.15, 0.2) is 0 Å². The van der Waals surface area contributed by atoms with Crippen molar-refractivity contribution in [2.24, 2.45) is 5.41 Å². The van der Waals surface area contributed by atoms with Gasteiger partial charge in [-0.15, -0.1) is 0 Å². The number of aliphatic hydroxyl groups is 1. The molecule has 98 valence electrons. The van der Waals surface area contributed by atoms with Gasteiger partial charge in [0.25, 0.3) is 0 Å². The fraction of sp³-hybridized carbons (Fsp3) is 0.312. The number of rotatable bonds is 1. The van der Waals surface area contributed by atoms with Gasteiger partial charge >= 0.3 is 0 Å². The Hall–Kier alpha value is -1.19. The maximum absolute atomic E-state index is 11.4. The van der Waals surface area contributed by atoms with Gasteiger partial charge in [-0.3, -0.25) is 4.98 Å². The maximum atomic E-state index is 11.4. The van der Waals surface area contributed by atoms with E-state index >= 15 is 0 Å². The van der Waals surface area contributed by atoms with Gasteiger partial charge in [0.1, 0.15) is 5.60 Å². The molecule has 1 unspecified atom stereocenters. The van der Waals surface area contributed by atoms with Crippen molar-refractivity contribution >= 4 is 15.9 Å². The number of benzene rings is 1. The summed E-state index contributed by atoms with van der Waals surface area (Å²) >= 11 is 3.48. The Kier molecular flexibility index (Phi) is 2.80. The topological polar surface area (TPSA) is 33.1 Å². The zero-order chi connectivity index (χ0) is 13.7. The van der Waals surface area contributed by atoms with E-state index in [-0.39, 0.29) is 5.41 Å². The SMILES string of the molecule is CC1(C)Cc2ccncc2C1(O)c1cccc(Br)c1. The number of hydrogen-bond donors (Lipinski definition) is 1. The van der Waals surface area contributed by atoms with Crippen LogP contribution in [0.1, 0.15) is 30.5 Å². The highest BCUT2D eigenvalue weighted by molar-refractivity contribution is 9.10. The summed E-state index contributed by atoms with van der Waals surface area (Å²) in [5.74, 6) is 0. The molecule has 1 atom stereocenters. The highest BCUT2D eigenvalue weighted by atomic mass is 79.9. The van der Waals surface area contributed by atoms with Crippen molar-refractivity contribution in [3.05, 3.63) is 63.9 Å². The zero-order valence-electron chi connectivity index (χ0n) is 11.0. The van der Waals surface area contributed by atoms with Crippen LogP contribution in [0.4, 0.5) is 0 Å². The van der Waals surface area contributed by atoms with Crippen molar-refractivity contribution in [2.75, 3.05) is 0 Å². The summed E-state index contributed by atoms with van der Waals surface area (Å²) in [5, 5.41) is 11.4. The zero-order valence-corrected chi connectivity index (χ0v) is 12.6. The van der Waals surface area contributed by atoms with Crippen molar-refractivity contribution in [1.29, 1.82) is 0 Å². The molecule has 0 aliphatic heterocycles. The molecule has 2 nitrogen and oxygen atoms in total. The smallest absolute Gasteiger partial charge is 0.122 e. The second-order valence-corrected chi connectivity index (χ2v) is 6.73. The molecule has 0 bridgehead atoms. The molecular formula is C16H16BrNO. The number of fused-ring (bicyclic) bond motifs is 1. The van der Waals surface area contributed by atoms with Crippen LogP contribution in [0.5, 0.6) is 0 Å². The third kappa shape index (κ3) is 1.76. The minimum Gasteiger partial charge on any atom is -0.380 e. The van der Waals surface area contributed by atoms with Crippen molar-refractivity contribution in [1.82, 2.24) is 4.98 Å². The van der Waals surface area contributed by atoms with Gasteiger partial charge in [-0.25, -0.2) is 0 Å². The minimum atomic E-state index is -0.986. The van der Waals surface area contributed by atoms with Gasteiger partial charge < -0.3 is 5.11 Å². The van der Waals surface area contributed by atoms with Crippen molar-refractivity contribution in [3.8, 4) is 0 Å². The molecule has 0 fully saturated rings. The van der Waals surface area contributed by atoms with Gasteiger partial charge in [-0.1, -0.05) is 41.9 Å². The van der Waals surface area contributed by atoms with E-state index in [1.54, 1.807) is 12.4 Å². The molecule has 1 aliphatic carbocycles. The molecule has 1 aliphatic rings. The summed E-state index contributed by atoms with van der Waals surface area (Å²) in [6, 6.07) is 9.91. The van der Waals surface area contributed by atoms with E-state index in [0.717, 1.165) is 22.0 Å². The highest BCUT2D eigenvalue weighted by Crippen LogP contribution is 2.53. The average Bonchev–Trinajstić information content (AvgIpc) is 2.58. The fourth-order valence-corrected chi connectivity index (χ4v) is 3.53. The lowest BCUT2D eigenvalue weighted by atomic mass is 9.71. The molecule has 1 N–H and O–H groups in total. The minimum absolute atomic E-state index is 0.251. The van der Waals surface area contributed by atoms with E-state index in [4.69, 9.17) is 0 Å². The van der Waals surface area contributed by atoms with E-state index in [1.165, 1.54) is 5.56 Å². The molecule has 1 heterocycles. The molecular weight excluding hydrogens is 302 g/mol. The lowest BCUT2D eigenvalue weighted by Crippen LogP contribution is -2.39. The second kappa shape index (κ2) is 4.15. The first kappa shape index (κ1) is 12.8. The molecule has 3 rings (SSSR count). The molecule has 1 aromatic heterocycles. The van der Waals surface area contributed by atoms with Crippen LogP contribution in [0.2, 0.25) is 0 Å². The normalized spacial score (nSPS) is 24.2. The van der Waals surface area contributed by atoms with Crippen LogP contribution >= 0.6 is 15.9 Å². The summed E-state index contributed by atoms with van der Waals surface area (Å²) in [6.07, 6.45) is 4.44. The van der Waals surface area contributed by atoms with Crippen LogP contribution < -0.4 is 0 Å². The summed E-state index contributed by atoms with van der Waals surface area (Å²) in [5.41, 5.74) is 1.79. The molecule has 1 aromatic carbocycles. The number of aromatic nitrogens is 1. The molecule has 2 aromatic rings. The average molecular weight is 318 g/mol. The van der Waals surface area contributed by atoms with E-state index in [9.17, 15) is 5.11 Å². The maximum Gasteiger partial charge on any atom is 0.122 e. The van der Waals surface area contributed by atoms with Crippen LogP contribution in [0, 0.1) is 5.41 Å². The molecule has 0 saturated carbocycles. The summed E-state index contributed by atoms with van der Waals surface area (Å²) in [7, 11) is 0. The lowest BCUT2D eigenvalue weighted by Gasteiger charge is -2.38. The fourth-order valence-electron chi connectivity index (χ4n) is 3.13. The Morgan fingerprint density at radius 3 is 2.79 bits per heavy atom. The van der Waals surface area contributed by atoms with Gasteiger partial charge in [0, 0.05) is 27.8 Å². The largest absolute Gasteiger partial charge is 0.380 e. The Morgan fingerprint density at radius 1 is 1.26 bits per heavy atom. The van der Waals surface area contributed by atoms with Crippen LogP contribution in [0.25, 0.3) is 0 Å². The number of halogens is 1. The quantitative estimate of drug-likeness (QED) is 0.870. The monoisotopic (exact) mass is 317 g/mol. The summed E-state index contributed by atoms with van der Waals surface area (Å²) in [6.45, 7) is 4.21. The molecule has 0 saturated heterocycles. The van der Waals surface area contributed by atoms with Crippen LogP contribution in [0.15, 0.2) is 47.2 Å². The van der Waals surface area contributed by atoms with Crippen molar-refractivity contribution in [3.63, 3.8) is 0 Å². The summed E-state index contributed by atoms with van der Waals surface area (Å²) < 4.78 is 0.978. The van der Waals surface area contributed by atoms with Crippen LogP contribution in [-0.4, -0.2) is 10.1 Å². The first-order valence-corrected chi connectivity index (χ1v) is 7.16. The third-order valence-corrected chi connectivity index (χ3v) is 4.65. The van der Waals surface area contributed by atoms with Gasteiger partial charge in [-0.05, 0) is 35.7 Å². The number of pyridine rings is 1. The van der Waals surface area contributed by atoms with Gasteiger partial charge in [0.2, 0.25) is 0 Å². The van der Waals surface area contributed by atoms with E-state index < -0.39 is 5.60 Å². The van der Waals surface area contributed by atoms with Crippen molar-refractivity contribution in [2.45, 2.75) is 25.9 Å². The molecule has 0 amide bonds. The lowest BCUT2D eigenvalue weighted by molar-refractivity contribution is -0.0212. The van der Waals surface area contributed by atoms with Crippen LogP contribution in [0.3, 0.4) is 0 Å². The number of hydrogen-bond acceptors (Lipinski definition) is 2. The van der Waals surface area contributed by atoms with Gasteiger partial charge in [-0.2, -0.15) is 0 Å². The Morgan fingerprint density at radius 2 is 2.05 bits per heavy atom.